The van der Waals surface area contributed by atoms with Crippen molar-refractivity contribution >= 4 is 23.5 Å². The molecule has 2 aromatic rings. The number of rotatable bonds is 9. The lowest BCUT2D eigenvalue weighted by Gasteiger charge is -2.32. The van der Waals surface area contributed by atoms with Crippen molar-refractivity contribution in [3.63, 3.8) is 0 Å². The Morgan fingerprint density at radius 1 is 1.27 bits per heavy atom. The third kappa shape index (κ3) is 6.42. The molecule has 1 amide bonds. The molecule has 2 N–H and O–H groups in total. The van der Waals surface area contributed by atoms with Crippen molar-refractivity contribution in [2.45, 2.75) is 24.8 Å². The topological polar surface area (TPSA) is 71.8 Å². The fourth-order valence-corrected chi connectivity index (χ4v) is 4.32. The summed E-state index contributed by atoms with van der Waals surface area (Å²) in [5, 5.41) is 3.64. The Bertz CT molecular complexity index is 840. The number of carbonyl (C=O) groups is 1. The number of amides is 1. The number of thioether (sulfide) groups is 1. The van der Waals surface area contributed by atoms with Crippen LogP contribution in [0.1, 0.15) is 28.5 Å². The minimum Gasteiger partial charge on any atom is -0.383 e. The lowest BCUT2D eigenvalue weighted by atomic mass is 10.1. The number of nitrogens with zero attached hydrogens (tertiary/aromatic N) is 3. The molecule has 1 fully saturated rings. The Balaban J connectivity index is 1.61. The standard InChI is InChI=1S/C22H31N5O2S/c1-4-26-9-11-27(12-10-26)20-14-17(2)24-22(25-20)30-16-18-6-5-7-19(15-18)21(28)23-8-13-29-3/h5-7,14-15H,4,8-13,16H2,1-3H3,(H,23,28)/p+1. The monoisotopic (exact) mass is 430 g/mol. The summed E-state index contributed by atoms with van der Waals surface area (Å²) in [6.07, 6.45) is 0. The van der Waals surface area contributed by atoms with Crippen molar-refractivity contribution in [1.82, 2.24) is 15.3 Å². The van der Waals surface area contributed by atoms with Gasteiger partial charge in [-0.1, -0.05) is 23.9 Å². The van der Waals surface area contributed by atoms with Crippen LogP contribution in [-0.2, 0) is 10.5 Å². The number of anilines is 1. The lowest BCUT2D eigenvalue weighted by molar-refractivity contribution is -0.898. The normalized spacial score (nSPS) is 14.7. The highest BCUT2D eigenvalue weighted by molar-refractivity contribution is 7.98. The number of aromatic nitrogens is 2. The van der Waals surface area contributed by atoms with Gasteiger partial charge in [0.15, 0.2) is 5.16 Å². The first-order chi connectivity index (χ1) is 14.6. The molecule has 7 nitrogen and oxygen atoms in total. The molecule has 1 aliphatic heterocycles. The van der Waals surface area contributed by atoms with Crippen molar-refractivity contribution in [3.05, 3.63) is 47.2 Å². The van der Waals surface area contributed by atoms with Crippen molar-refractivity contribution in [2.75, 3.05) is 57.9 Å². The maximum Gasteiger partial charge on any atom is 0.251 e. The summed E-state index contributed by atoms with van der Waals surface area (Å²) in [4.78, 5) is 25.7. The summed E-state index contributed by atoms with van der Waals surface area (Å²) >= 11 is 1.61. The highest BCUT2D eigenvalue weighted by Crippen LogP contribution is 2.23. The van der Waals surface area contributed by atoms with Crippen LogP contribution in [0.3, 0.4) is 0 Å². The van der Waals surface area contributed by atoms with E-state index in [1.54, 1.807) is 23.8 Å². The molecule has 0 bridgehead atoms. The summed E-state index contributed by atoms with van der Waals surface area (Å²) in [5.74, 6) is 1.66. The predicted octanol–water partition coefficient (Wildman–Crippen LogP) is 1.18. The Hall–Kier alpha value is -2.16. The second-order valence-corrected chi connectivity index (χ2v) is 8.42. The Morgan fingerprint density at radius 2 is 2.07 bits per heavy atom. The molecular weight excluding hydrogens is 398 g/mol. The number of ether oxygens (including phenoxy) is 1. The van der Waals surface area contributed by atoms with Crippen LogP contribution in [0.5, 0.6) is 0 Å². The van der Waals surface area contributed by atoms with Crippen molar-refractivity contribution in [2.24, 2.45) is 0 Å². The van der Waals surface area contributed by atoms with Crippen molar-refractivity contribution < 1.29 is 14.4 Å². The molecule has 8 heteroatoms. The summed E-state index contributed by atoms with van der Waals surface area (Å²) < 4.78 is 4.98. The highest BCUT2D eigenvalue weighted by atomic mass is 32.2. The zero-order chi connectivity index (χ0) is 21.3. The summed E-state index contributed by atoms with van der Waals surface area (Å²) in [7, 11) is 1.62. The van der Waals surface area contributed by atoms with Crippen LogP contribution in [0.2, 0.25) is 0 Å². The number of piperazine rings is 1. The van der Waals surface area contributed by atoms with E-state index in [0.717, 1.165) is 54.2 Å². The van der Waals surface area contributed by atoms with E-state index in [1.807, 2.05) is 31.2 Å². The fourth-order valence-electron chi connectivity index (χ4n) is 3.48. The average molecular weight is 431 g/mol. The molecule has 30 heavy (non-hydrogen) atoms. The van der Waals surface area contributed by atoms with Gasteiger partial charge in [-0.15, -0.1) is 0 Å². The number of hydrogen-bond acceptors (Lipinski definition) is 6. The van der Waals surface area contributed by atoms with E-state index >= 15 is 0 Å². The SMILES string of the molecule is CC[NH+]1CCN(c2cc(C)nc(SCc3cccc(C(=O)NCCOC)c3)n2)CC1. The van der Waals surface area contributed by atoms with E-state index in [2.05, 4.69) is 28.2 Å². The number of benzene rings is 1. The van der Waals surface area contributed by atoms with E-state index in [4.69, 9.17) is 9.72 Å². The molecule has 0 aliphatic carbocycles. The number of likely N-dealkylation sites (N-methyl/N-ethyl adjacent to an activating group) is 1. The number of hydrogen-bond donors (Lipinski definition) is 2. The Kier molecular flexibility index (Phi) is 8.48. The molecule has 0 radical (unpaired) electrons. The minimum atomic E-state index is -0.0821. The van der Waals surface area contributed by atoms with Crippen molar-refractivity contribution in [3.8, 4) is 0 Å². The van der Waals surface area contributed by atoms with E-state index in [9.17, 15) is 4.79 Å². The summed E-state index contributed by atoms with van der Waals surface area (Å²) in [6.45, 7) is 10.8. The molecule has 2 heterocycles. The maximum absolute atomic E-state index is 12.2. The second-order valence-electron chi connectivity index (χ2n) is 7.48. The number of nitrogens with one attached hydrogen (secondary N) is 2. The second kappa shape index (κ2) is 11.3. The van der Waals surface area contributed by atoms with Crippen LogP contribution in [0.25, 0.3) is 0 Å². The first kappa shape index (κ1) is 22.5. The minimum absolute atomic E-state index is 0.0821. The largest absolute Gasteiger partial charge is 0.383 e. The van der Waals surface area contributed by atoms with Crippen molar-refractivity contribution in [1.29, 1.82) is 0 Å². The third-order valence-corrected chi connectivity index (χ3v) is 6.18. The van der Waals surface area contributed by atoms with Gasteiger partial charge in [-0.3, -0.25) is 4.79 Å². The van der Waals surface area contributed by atoms with Gasteiger partial charge in [-0.25, -0.2) is 9.97 Å². The number of carbonyl (C=O) groups excluding carboxylic acids is 1. The molecule has 0 unspecified atom stereocenters. The predicted molar refractivity (Wildman–Crippen MR) is 120 cm³/mol. The lowest BCUT2D eigenvalue weighted by Crippen LogP contribution is -3.14. The molecular formula is C22H32N5O2S+. The molecule has 1 aliphatic rings. The van der Waals surface area contributed by atoms with Crippen LogP contribution in [0, 0.1) is 6.92 Å². The quantitative estimate of drug-likeness (QED) is 0.354. The van der Waals surface area contributed by atoms with E-state index in [0.29, 0.717) is 18.7 Å². The van der Waals surface area contributed by atoms with Gasteiger partial charge in [0.2, 0.25) is 0 Å². The first-order valence-electron chi connectivity index (χ1n) is 10.5. The van der Waals surface area contributed by atoms with Gasteiger partial charge in [0.25, 0.3) is 5.91 Å². The van der Waals surface area contributed by atoms with Crippen LogP contribution in [0.15, 0.2) is 35.5 Å². The number of quaternary nitrogens is 1. The van der Waals surface area contributed by atoms with Crippen LogP contribution >= 0.6 is 11.8 Å². The molecule has 3 rings (SSSR count). The van der Waals surface area contributed by atoms with Crippen LogP contribution < -0.4 is 15.1 Å². The highest BCUT2D eigenvalue weighted by Gasteiger charge is 2.20. The fraction of sp³-hybridized carbons (Fsp3) is 0.500. The maximum atomic E-state index is 12.2. The number of aryl methyl sites for hydroxylation is 1. The van der Waals surface area contributed by atoms with Crippen LogP contribution in [-0.4, -0.2) is 68.9 Å². The van der Waals surface area contributed by atoms with E-state index in [1.165, 1.54) is 6.54 Å². The molecule has 0 atom stereocenters. The van der Waals surface area contributed by atoms with E-state index in [-0.39, 0.29) is 5.91 Å². The summed E-state index contributed by atoms with van der Waals surface area (Å²) in [5.41, 5.74) is 2.72. The zero-order valence-corrected chi connectivity index (χ0v) is 18.9. The first-order valence-corrected chi connectivity index (χ1v) is 11.5. The van der Waals surface area contributed by atoms with Gasteiger partial charge in [-0.2, -0.15) is 0 Å². The third-order valence-electron chi connectivity index (χ3n) is 5.26. The smallest absolute Gasteiger partial charge is 0.251 e. The average Bonchev–Trinajstić information content (AvgIpc) is 2.77. The molecule has 0 saturated carbocycles. The molecule has 1 aromatic carbocycles. The van der Waals surface area contributed by atoms with Crippen LogP contribution in [0.4, 0.5) is 5.82 Å². The van der Waals surface area contributed by atoms with Gasteiger partial charge in [0, 0.05) is 36.7 Å². The molecule has 1 aromatic heterocycles. The van der Waals surface area contributed by atoms with Gasteiger partial charge in [0.05, 0.1) is 39.3 Å². The van der Waals surface area contributed by atoms with Gasteiger partial charge >= 0.3 is 0 Å². The Morgan fingerprint density at radius 3 is 2.80 bits per heavy atom. The Labute approximate surface area is 183 Å². The molecule has 0 spiro atoms. The number of methoxy groups -OCH3 is 1. The van der Waals surface area contributed by atoms with Gasteiger partial charge in [0.1, 0.15) is 5.82 Å². The zero-order valence-electron chi connectivity index (χ0n) is 18.1. The van der Waals surface area contributed by atoms with E-state index < -0.39 is 0 Å². The van der Waals surface area contributed by atoms with Gasteiger partial charge in [-0.05, 0) is 31.5 Å². The molecule has 1 saturated heterocycles. The van der Waals surface area contributed by atoms with Gasteiger partial charge < -0.3 is 19.9 Å². The molecule has 162 valence electrons. The summed E-state index contributed by atoms with van der Waals surface area (Å²) in [6, 6.07) is 9.78.